The maximum absolute atomic E-state index is 13.7. The lowest BCUT2D eigenvalue weighted by molar-refractivity contribution is -0.122. The van der Waals surface area contributed by atoms with Gasteiger partial charge < -0.3 is 4.74 Å². The van der Waals surface area contributed by atoms with Crippen LogP contribution in [0.1, 0.15) is 38.8 Å². The van der Waals surface area contributed by atoms with Crippen LogP contribution in [0.2, 0.25) is 0 Å². The monoisotopic (exact) mass is 409 g/mol. The molecule has 6 heteroatoms. The zero-order chi connectivity index (χ0) is 21.7. The summed E-state index contributed by atoms with van der Waals surface area (Å²) in [7, 11) is 0. The van der Waals surface area contributed by atoms with Gasteiger partial charge in [0, 0.05) is 5.69 Å². The molecule has 0 fully saturated rings. The smallest absolute Gasteiger partial charge is 0.411 e. The minimum absolute atomic E-state index is 0.0302. The van der Waals surface area contributed by atoms with Crippen molar-refractivity contribution in [3.8, 4) is 0 Å². The van der Waals surface area contributed by atoms with Crippen LogP contribution in [-0.4, -0.2) is 42.6 Å². The SMILES string of the molecule is CCOC(=O)Nc1ccc2c(c1)N(C(=O)[C@H](C)N(CC)CC)c1ccccc1CC2. The van der Waals surface area contributed by atoms with Gasteiger partial charge in [-0.15, -0.1) is 0 Å². The second-order valence-corrected chi connectivity index (χ2v) is 7.39. The molecule has 0 saturated carbocycles. The van der Waals surface area contributed by atoms with Crippen molar-refractivity contribution in [2.45, 2.75) is 46.6 Å². The molecule has 0 saturated heterocycles. The van der Waals surface area contributed by atoms with Crippen molar-refractivity contribution in [1.82, 2.24) is 4.90 Å². The fraction of sp³-hybridized carbons (Fsp3) is 0.417. The molecule has 160 valence electrons. The highest BCUT2D eigenvalue weighted by Crippen LogP contribution is 2.38. The van der Waals surface area contributed by atoms with E-state index in [1.165, 1.54) is 0 Å². The molecule has 2 amide bonds. The molecular weight excluding hydrogens is 378 g/mol. The highest BCUT2D eigenvalue weighted by molar-refractivity contribution is 6.05. The van der Waals surface area contributed by atoms with Gasteiger partial charge in [0.15, 0.2) is 0 Å². The molecule has 30 heavy (non-hydrogen) atoms. The Hall–Kier alpha value is -2.86. The van der Waals surface area contributed by atoms with Crippen LogP contribution in [0, 0.1) is 0 Å². The van der Waals surface area contributed by atoms with Gasteiger partial charge >= 0.3 is 6.09 Å². The number of hydrogen-bond donors (Lipinski definition) is 1. The van der Waals surface area contributed by atoms with Gasteiger partial charge in [-0.05, 0) is 69.1 Å². The molecule has 1 aliphatic heterocycles. The van der Waals surface area contributed by atoms with Gasteiger partial charge in [-0.1, -0.05) is 38.1 Å². The number of benzene rings is 2. The molecule has 1 atom stereocenters. The zero-order valence-corrected chi connectivity index (χ0v) is 18.3. The van der Waals surface area contributed by atoms with Crippen LogP contribution in [0.4, 0.5) is 21.9 Å². The summed E-state index contributed by atoms with van der Waals surface area (Å²) in [4.78, 5) is 29.6. The Morgan fingerprint density at radius 3 is 2.37 bits per heavy atom. The number of nitrogens with zero attached hydrogens (tertiary/aromatic N) is 2. The van der Waals surface area contributed by atoms with Crippen LogP contribution in [0.3, 0.4) is 0 Å². The minimum atomic E-state index is -0.499. The average molecular weight is 410 g/mol. The molecule has 3 rings (SSSR count). The van der Waals surface area contributed by atoms with E-state index in [-0.39, 0.29) is 11.9 Å². The van der Waals surface area contributed by atoms with Crippen LogP contribution < -0.4 is 10.2 Å². The molecule has 0 aromatic heterocycles. The summed E-state index contributed by atoms with van der Waals surface area (Å²) in [5, 5.41) is 2.76. The quantitative estimate of drug-likeness (QED) is 0.748. The number of nitrogens with one attached hydrogen (secondary N) is 1. The van der Waals surface area contributed by atoms with Gasteiger partial charge in [-0.2, -0.15) is 0 Å². The molecular formula is C24H31N3O3. The Morgan fingerprint density at radius 1 is 1.03 bits per heavy atom. The number of ether oxygens (including phenoxy) is 1. The van der Waals surface area contributed by atoms with Crippen molar-refractivity contribution in [1.29, 1.82) is 0 Å². The van der Waals surface area contributed by atoms with Crippen molar-refractivity contribution < 1.29 is 14.3 Å². The maximum Gasteiger partial charge on any atom is 0.411 e. The van der Waals surface area contributed by atoms with E-state index >= 15 is 0 Å². The first-order valence-electron chi connectivity index (χ1n) is 10.7. The number of carbonyl (C=O) groups is 2. The Bertz CT molecular complexity index is 908. The van der Waals surface area contributed by atoms with Crippen LogP contribution >= 0.6 is 0 Å². The number of aryl methyl sites for hydroxylation is 2. The first-order chi connectivity index (χ1) is 14.5. The molecule has 1 aliphatic rings. The molecule has 2 aromatic carbocycles. The van der Waals surface area contributed by atoms with Crippen molar-refractivity contribution in [3.05, 3.63) is 53.6 Å². The van der Waals surface area contributed by atoms with Gasteiger partial charge in [-0.25, -0.2) is 4.79 Å². The Labute approximate surface area is 178 Å². The predicted octanol–water partition coefficient (Wildman–Crippen LogP) is 4.75. The average Bonchev–Trinajstić information content (AvgIpc) is 2.90. The molecule has 0 unspecified atom stereocenters. The largest absolute Gasteiger partial charge is 0.450 e. The summed E-state index contributed by atoms with van der Waals surface area (Å²) in [6.45, 7) is 9.77. The highest BCUT2D eigenvalue weighted by Gasteiger charge is 2.31. The molecule has 0 aliphatic carbocycles. The van der Waals surface area contributed by atoms with Crippen LogP contribution in [0.5, 0.6) is 0 Å². The Kier molecular flexibility index (Phi) is 7.11. The second kappa shape index (κ2) is 9.76. The number of para-hydroxylation sites is 1. The van der Waals surface area contributed by atoms with Gasteiger partial charge in [0.05, 0.1) is 24.0 Å². The fourth-order valence-electron chi connectivity index (χ4n) is 4.04. The maximum atomic E-state index is 13.7. The van der Waals surface area contributed by atoms with Crippen LogP contribution in [0.25, 0.3) is 0 Å². The summed E-state index contributed by atoms with van der Waals surface area (Å²) in [6, 6.07) is 13.5. The van der Waals surface area contributed by atoms with Gasteiger partial charge in [0.2, 0.25) is 5.91 Å². The molecule has 1 heterocycles. The Balaban J connectivity index is 2.07. The topological polar surface area (TPSA) is 61.9 Å². The summed E-state index contributed by atoms with van der Waals surface area (Å²) >= 11 is 0. The molecule has 0 bridgehead atoms. The first-order valence-corrected chi connectivity index (χ1v) is 10.7. The molecule has 1 N–H and O–H groups in total. The predicted molar refractivity (Wildman–Crippen MR) is 120 cm³/mol. The molecule has 2 aromatic rings. The van der Waals surface area contributed by atoms with Crippen LogP contribution in [-0.2, 0) is 22.4 Å². The number of carbonyl (C=O) groups excluding carboxylic acids is 2. The van der Waals surface area contributed by atoms with E-state index < -0.39 is 6.09 Å². The number of anilines is 3. The van der Waals surface area contributed by atoms with E-state index in [2.05, 4.69) is 30.1 Å². The van der Waals surface area contributed by atoms with E-state index in [9.17, 15) is 9.59 Å². The summed E-state index contributed by atoms with van der Waals surface area (Å²) in [5.74, 6) is 0.0302. The fourth-order valence-corrected chi connectivity index (χ4v) is 4.04. The zero-order valence-electron chi connectivity index (χ0n) is 18.3. The minimum Gasteiger partial charge on any atom is -0.450 e. The second-order valence-electron chi connectivity index (χ2n) is 7.39. The lowest BCUT2D eigenvalue weighted by Gasteiger charge is -2.32. The Morgan fingerprint density at radius 2 is 1.70 bits per heavy atom. The summed E-state index contributed by atoms with van der Waals surface area (Å²) < 4.78 is 5.01. The van der Waals surface area contributed by atoms with Gasteiger partial charge in [0.1, 0.15) is 0 Å². The van der Waals surface area contributed by atoms with Gasteiger partial charge in [0.25, 0.3) is 0 Å². The standard InChI is InChI=1S/C24H31N3O3/c1-5-26(6-2)17(4)23(28)27-21-11-9-8-10-18(21)12-13-19-14-15-20(16-22(19)27)25-24(29)30-7-3/h8-11,14-17H,5-7,12-13H2,1-4H3,(H,25,29)/t17-/m0/s1. The normalized spacial score (nSPS) is 13.8. The number of hydrogen-bond acceptors (Lipinski definition) is 4. The van der Waals surface area contributed by atoms with E-state index in [0.717, 1.165) is 48.4 Å². The van der Waals surface area contributed by atoms with Crippen molar-refractivity contribution in [2.24, 2.45) is 0 Å². The molecule has 0 radical (unpaired) electrons. The van der Waals surface area contributed by atoms with Crippen molar-refractivity contribution in [3.63, 3.8) is 0 Å². The number of likely N-dealkylation sites (N-methyl/N-ethyl adjacent to an activating group) is 1. The highest BCUT2D eigenvalue weighted by atomic mass is 16.5. The van der Waals surface area contributed by atoms with E-state index in [4.69, 9.17) is 4.74 Å². The van der Waals surface area contributed by atoms with Gasteiger partial charge in [-0.3, -0.25) is 19.9 Å². The summed E-state index contributed by atoms with van der Waals surface area (Å²) in [6.07, 6.45) is 1.19. The van der Waals surface area contributed by atoms with Crippen LogP contribution in [0.15, 0.2) is 42.5 Å². The number of amides is 2. The first kappa shape index (κ1) is 21.8. The lowest BCUT2D eigenvalue weighted by Crippen LogP contribution is -2.45. The molecule has 0 spiro atoms. The van der Waals surface area contributed by atoms with E-state index in [1.54, 1.807) is 6.92 Å². The number of fused-ring (bicyclic) bond motifs is 2. The summed E-state index contributed by atoms with van der Waals surface area (Å²) in [5.41, 5.74) is 4.57. The molecule has 6 nitrogen and oxygen atoms in total. The number of rotatable bonds is 6. The van der Waals surface area contributed by atoms with E-state index in [1.807, 2.05) is 48.2 Å². The van der Waals surface area contributed by atoms with E-state index in [0.29, 0.717) is 12.3 Å². The third-order valence-corrected chi connectivity index (χ3v) is 5.68. The lowest BCUT2D eigenvalue weighted by atomic mass is 10.0. The third-order valence-electron chi connectivity index (χ3n) is 5.68. The third kappa shape index (κ3) is 4.49. The van der Waals surface area contributed by atoms with Crippen molar-refractivity contribution >= 4 is 29.1 Å². The van der Waals surface area contributed by atoms with Crippen molar-refractivity contribution in [2.75, 3.05) is 29.9 Å².